The van der Waals surface area contributed by atoms with Crippen molar-refractivity contribution in [1.29, 1.82) is 0 Å². The largest absolute Gasteiger partial charge is 0.455 e. The molecule has 0 aliphatic rings. The molecule has 0 aliphatic carbocycles. The molecule has 10 heteroatoms. The average Bonchev–Trinajstić information content (AvgIpc) is 2.60. The molecule has 1 aromatic heterocycles. The number of nitrogens with zero attached hydrogens (tertiary/aromatic N) is 1. The SMILES string of the molecule is O=C(COC(=O)CSc1ccccc1)Nc1ncc(C(F)(F)F)cc1Cl. The number of carbonyl (C=O) groups excluding carboxylic acids is 2. The Morgan fingerprint density at radius 2 is 1.92 bits per heavy atom. The van der Waals surface area contributed by atoms with Gasteiger partial charge in [0.25, 0.3) is 5.91 Å². The third-order valence-corrected chi connectivity index (χ3v) is 4.16. The number of aromatic nitrogens is 1. The fourth-order valence-electron chi connectivity index (χ4n) is 1.70. The van der Waals surface area contributed by atoms with Gasteiger partial charge in [-0.1, -0.05) is 29.8 Å². The van der Waals surface area contributed by atoms with Crippen molar-refractivity contribution < 1.29 is 27.5 Å². The van der Waals surface area contributed by atoms with Crippen LogP contribution < -0.4 is 5.32 Å². The van der Waals surface area contributed by atoms with Gasteiger partial charge in [0, 0.05) is 11.1 Å². The number of hydrogen-bond donors (Lipinski definition) is 1. The summed E-state index contributed by atoms with van der Waals surface area (Å²) in [6, 6.07) is 9.77. The summed E-state index contributed by atoms with van der Waals surface area (Å²) in [5.41, 5.74) is -1.04. The third-order valence-electron chi connectivity index (χ3n) is 2.89. The van der Waals surface area contributed by atoms with E-state index in [1.54, 1.807) is 0 Å². The number of alkyl halides is 3. The number of nitrogens with one attached hydrogen (secondary N) is 1. The van der Waals surface area contributed by atoms with E-state index in [2.05, 4.69) is 10.3 Å². The maximum absolute atomic E-state index is 12.5. The molecule has 0 spiro atoms. The smallest absolute Gasteiger partial charge is 0.417 e. The van der Waals surface area contributed by atoms with E-state index < -0.39 is 30.2 Å². The Balaban J connectivity index is 1.80. The van der Waals surface area contributed by atoms with E-state index >= 15 is 0 Å². The van der Waals surface area contributed by atoms with Crippen LogP contribution in [0.2, 0.25) is 5.02 Å². The Bertz CT molecular complexity index is 788. The molecule has 0 aliphatic heterocycles. The van der Waals surface area contributed by atoms with Crippen molar-refractivity contribution in [1.82, 2.24) is 4.98 Å². The standard InChI is InChI=1S/C16H12ClF3N2O3S/c17-12-6-10(16(18,19)20)7-21-15(12)22-13(23)8-25-14(24)9-26-11-4-2-1-3-5-11/h1-7H,8-9H2,(H,21,22,23). The first-order valence-corrected chi connectivity index (χ1v) is 8.48. The van der Waals surface area contributed by atoms with Gasteiger partial charge in [0.05, 0.1) is 16.3 Å². The number of halogens is 4. The number of hydrogen-bond acceptors (Lipinski definition) is 5. The molecule has 2 aromatic rings. The van der Waals surface area contributed by atoms with Crippen molar-refractivity contribution >= 4 is 41.1 Å². The number of benzene rings is 1. The van der Waals surface area contributed by atoms with Gasteiger partial charge in [-0.25, -0.2) is 4.98 Å². The predicted molar refractivity (Wildman–Crippen MR) is 91.0 cm³/mol. The van der Waals surface area contributed by atoms with E-state index in [1.165, 1.54) is 11.8 Å². The van der Waals surface area contributed by atoms with Gasteiger partial charge in [-0.05, 0) is 18.2 Å². The number of anilines is 1. The number of carbonyl (C=O) groups is 2. The lowest BCUT2D eigenvalue weighted by molar-refractivity contribution is -0.144. The minimum Gasteiger partial charge on any atom is -0.455 e. The number of esters is 1. The lowest BCUT2D eigenvalue weighted by Gasteiger charge is -2.10. The van der Waals surface area contributed by atoms with Gasteiger partial charge < -0.3 is 10.1 Å². The summed E-state index contributed by atoms with van der Waals surface area (Å²) >= 11 is 6.92. The fourth-order valence-corrected chi connectivity index (χ4v) is 2.63. The Morgan fingerprint density at radius 1 is 1.23 bits per heavy atom. The van der Waals surface area contributed by atoms with E-state index in [1.807, 2.05) is 30.3 Å². The van der Waals surface area contributed by atoms with Crippen LogP contribution in [-0.2, 0) is 20.5 Å². The van der Waals surface area contributed by atoms with E-state index in [-0.39, 0.29) is 16.6 Å². The Morgan fingerprint density at radius 3 is 2.54 bits per heavy atom. The van der Waals surface area contributed by atoms with Crippen molar-refractivity contribution in [3.8, 4) is 0 Å². The molecule has 0 saturated carbocycles. The van der Waals surface area contributed by atoms with Gasteiger partial charge in [-0.15, -0.1) is 11.8 Å². The van der Waals surface area contributed by atoms with Gasteiger partial charge in [-0.3, -0.25) is 9.59 Å². The van der Waals surface area contributed by atoms with Crippen LogP contribution in [0, 0.1) is 0 Å². The molecule has 1 amide bonds. The van der Waals surface area contributed by atoms with Gasteiger partial charge in [0.1, 0.15) is 0 Å². The zero-order chi connectivity index (χ0) is 19.2. The Hall–Kier alpha value is -2.26. The second-order valence-electron chi connectivity index (χ2n) is 4.86. The number of amides is 1. The zero-order valence-electron chi connectivity index (χ0n) is 13.0. The molecule has 0 fully saturated rings. The summed E-state index contributed by atoms with van der Waals surface area (Å²) in [4.78, 5) is 27.6. The number of rotatable bonds is 6. The van der Waals surface area contributed by atoms with Gasteiger partial charge in [0.15, 0.2) is 12.4 Å². The quantitative estimate of drug-likeness (QED) is 0.581. The number of pyridine rings is 1. The molecule has 138 valence electrons. The summed E-state index contributed by atoms with van der Waals surface area (Å²) in [5.74, 6) is -1.62. The zero-order valence-corrected chi connectivity index (χ0v) is 14.6. The summed E-state index contributed by atoms with van der Waals surface area (Å²) in [6.07, 6.45) is -4.05. The minimum atomic E-state index is -4.59. The monoisotopic (exact) mass is 404 g/mol. The van der Waals surface area contributed by atoms with Crippen LogP contribution in [0.25, 0.3) is 0 Å². The molecule has 0 radical (unpaired) electrons. The maximum atomic E-state index is 12.5. The van der Waals surface area contributed by atoms with Crippen LogP contribution in [0.3, 0.4) is 0 Å². The van der Waals surface area contributed by atoms with Crippen LogP contribution >= 0.6 is 23.4 Å². The van der Waals surface area contributed by atoms with Crippen molar-refractivity contribution in [3.05, 3.63) is 53.2 Å². The van der Waals surface area contributed by atoms with Crippen molar-refractivity contribution in [3.63, 3.8) is 0 Å². The highest BCUT2D eigenvalue weighted by atomic mass is 35.5. The van der Waals surface area contributed by atoms with Gasteiger partial charge >= 0.3 is 12.1 Å². The Labute approximate surface area is 155 Å². The summed E-state index contributed by atoms with van der Waals surface area (Å²) < 4.78 is 42.4. The molecule has 5 nitrogen and oxygen atoms in total. The molecule has 0 saturated heterocycles. The summed E-state index contributed by atoms with van der Waals surface area (Å²) in [5, 5.41) is 1.81. The van der Waals surface area contributed by atoms with E-state index in [0.29, 0.717) is 12.3 Å². The maximum Gasteiger partial charge on any atom is 0.417 e. The van der Waals surface area contributed by atoms with Gasteiger partial charge in [0.2, 0.25) is 0 Å². The molecule has 2 rings (SSSR count). The molecular formula is C16H12ClF3N2O3S. The first-order chi connectivity index (χ1) is 12.3. The molecule has 1 heterocycles. The molecule has 26 heavy (non-hydrogen) atoms. The molecule has 1 aromatic carbocycles. The molecular weight excluding hydrogens is 393 g/mol. The Kier molecular flexibility index (Phi) is 6.87. The normalized spacial score (nSPS) is 11.1. The van der Waals surface area contributed by atoms with Crippen LogP contribution in [0.15, 0.2) is 47.5 Å². The number of thioether (sulfide) groups is 1. The number of ether oxygens (including phenoxy) is 1. The molecule has 0 bridgehead atoms. The first kappa shape index (κ1) is 20.1. The van der Waals surface area contributed by atoms with Crippen LogP contribution in [-0.4, -0.2) is 29.2 Å². The highest BCUT2D eigenvalue weighted by molar-refractivity contribution is 8.00. The average molecular weight is 405 g/mol. The van der Waals surface area contributed by atoms with Crippen molar-refractivity contribution in [2.24, 2.45) is 0 Å². The third kappa shape index (κ3) is 6.23. The van der Waals surface area contributed by atoms with Crippen LogP contribution in [0.1, 0.15) is 5.56 Å². The minimum absolute atomic E-state index is 0.0105. The van der Waals surface area contributed by atoms with Crippen LogP contribution in [0.4, 0.5) is 19.0 Å². The van der Waals surface area contributed by atoms with Crippen LogP contribution in [0.5, 0.6) is 0 Å². The lowest BCUT2D eigenvalue weighted by Crippen LogP contribution is -2.22. The van der Waals surface area contributed by atoms with Crippen molar-refractivity contribution in [2.45, 2.75) is 11.1 Å². The highest BCUT2D eigenvalue weighted by Gasteiger charge is 2.31. The van der Waals surface area contributed by atoms with E-state index in [4.69, 9.17) is 16.3 Å². The molecule has 0 atom stereocenters. The van der Waals surface area contributed by atoms with Gasteiger partial charge in [-0.2, -0.15) is 13.2 Å². The first-order valence-electron chi connectivity index (χ1n) is 7.12. The molecule has 1 N–H and O–H groups in total. The molecule has 0 unspecified atom stereocenters. The van der Waals surface area contributed by atoms with Crippen molar-refractivity contribution in [2.75, 3.05) is 17.7 Å². The second-order valence-corrected chi connectivity index (χ2v) is 6.32. The fraction of sp³-hybridized carbons (Fsp3) is 0.188. The second kappa shape index (κ2) is 8.91. The predicted octanol–water partition coefficient (Wildman–Crippen LogP) is 4.03. The summed E-state index contributed by atoms with van der Waals surface area (Å²) in [7, 11) is 0. The lowest BCUT2D eigenvalue weighted by atomic mass is 10.3. The topological polar surface area (TPSA) is 68.3 Å². The van der Waals surface area contributed by atoms with E-state index in [0.717, 1.165) is 4.90 Å². The van der Waals surface area contributed by atoms with E-state index in [9.17, 15) is 22.8 Å². The highest BCUT2D eigenvalue weighted by Crippen LogP contribution is 2.32. The summed E-state index contributed by atoms with van der Waals surface area (Å²) in [6.45, 7) is -0.604.